The third-order valence-corrected chi connectivity index (χ3v) is 1.87. The second-order valence-corrected chi connectivity index (χ2v) is 3.46. The first-order chi connectivity index (χ1) is 7.06. The van der Waals surface area contributed by atoms with E-state index < -0.39 is 5.97 Å². The predicted octanol–water partition coefficient (Wildman–Crippen LogP) is 0.736. The molecule has 0 aliphatic rings. The van der Waals surface area contributed by atoms with E-state index in [0.29, 0.717) is 13.2 Å². The number of ether oxygens (including phenoxy) is 1. The second-order valence-electron chi connectivity index (χ2n) is 3.46. The van der Waals surface area contributed by atoms with Crippen LogP contribution in [0.15, 0.2) is 0 Å². The van der Waals surface area contributed by atoms with Gasteiger partial charge in [0.15, 0.2) is 0 Å². The minimum atomic E-state index is -0.860. The molecular formula is C10H19NO4. The van der Waals surface area contributed by atoms with Crippen LogP contribution in [0.25, 0.3) is 0 Å². The predicted molar refractivity (Wildman–Crippen MR) is 55.6 cm³/mol. The van der Waals surface area contributed by atoms with E-state index in [9.17, 15) is 9.59 Å². The van der Waals surface area contributed by atoms with Crippen LogP contribution in [-0.4, -0.2) is 48.7 Å². The van der Waals surface area contributed by atoms with E-state index >= 15 is 0 Å². The molecule has 15 heavy (non-hydrogen) atoms. The van der Waals surface area contributed by atoms with E-state index in [2.05, 4.69) is 0 Å². The molecule has 0 rings (SSSR count). The molecule has 5 nitrogen and oxygen atoms in total. The van der Waals surface area contributed by atoms with Crippen molar-refractivity contribution < 1.29 is 19.4 Å². The molecular weight excluding hydrogens is 198 g/mol. The van der Waals surface area contributed by atoms with Gasteiger partial charge in [-0.3, -0.25) is 14.5 Å². The minimum absolute atomic E-state index is 0.0404. The largest absolute Gasteiger partial charge is 0.481 e. The SMILES string of the molecule is CCCCOC(=O)CN(C)CCC(=O)O. The molecule has 0 heterocycles. The van der Waals surface area contributed by atoms with Gasteiger partial charge in [-0.15, -0.1) is 0 Å². The number of carbonyl (C=O) groups excluding carboxylic acids is 1. The number of unbranched alkanes of at least 4 members (excludes halogenated alkanes) is 1. The van der Waals surface area contributed by atoms with E-state index in [4.69, 9.17) is 9.84 Å². The molecule has 0 aliphatic heterocycles. The average molecular weight is 217 g/mol. The maximum atomic E-state index is 11.2. The maximum absolute atomic E-state index is 11.2. The van der Waals surface area contributed by atoms with Gasteiger partial charge in [-0.05, 0) is 13.5 Å². The normalized spacial score (nSPS) is 10.3. The maximum Gasteiger partial charge on any atom is 0.320 e. The number of carbonyl (C=O) groups is 2. The van der Waals surface area contributed by atoms with E-state index in [1.54, 1.807) is 11.9 Å². The first kappa shape index (κ1) is 13.9. The van der Waals surface area contributed by atoms with Gasteiger partial charge in [-0.2, -0.15) is 0 Å². The molecule has 0 aromatic rings. The van der Waals surface area contributed by atoms with Crippen LogP contribution in [0.2, 0.25) is 0 Å². The average Bonchev–Trinajstić information content (AvgIpc) is 2.15. The van der Waals surface area contributed by atoms with Crippen LogP contribution in [0.3, 0.4) is 0 Å². The van der Waals surface area contributed by atoms with E-state index in [1.807, 2.05) is 6.92 Å². The van der Waals surface area contributed by atoms with Crippen molar-refractivity contribution in [1.29, 1.82) is 0 Å². The zero-order valence-corrected chi connectivity index (χ0v) is 9.36. The lowest BCUT2D eigenvalue weighted by atomic mass is 10.4. The molecule has 88 valence electrons. The summed E-state index contributed by atoms with van der Waals surface area (Å²) >= 11 is 0. The van der Waals surface area contributed by atoms with Crippen molar-refractivity contribution in [3.8, 4) is 0 Å². The highest BCUT2D eigenvalue weighted by Crippen LogP contribution is 1.92. The van der Waals surface area contributed by atoms with Gasteiger partial charge in [0.25, 0.3) is 0 Å². The summed E-state index contributed by atoms with van der Waals surface area (Å²) < 4.78 is 4.93. The Labute approximate surface area is 90.0 Å². The fourth-order valence-corrected chi connectivity index (χ4v) is 0.962. The van der Waals surface area contributed by atoms with Gasteiger partial charge in [-0.25, -0.2) is 0 Å². The molecule has 0 bridgehead atoms. The fourth-order valence-electron chi connectivity index (χ4n) is 0.962. The smallest absolute Gasteiger partial charge is 0.320 e. The van der Waals surface area contributed by atoms with E-state index in [-0.39, 0.29) is 18.9 Å². The molecule has 5 heteroatoms. The summed E-state index contributed by atoms with van der Waals surface area (Å²) in [6.07, 6.45) is 1.89. The van der Waals surface area contributed by atoms with Crippen LogP contribution < -0.4 is 0 Å². The number of carboxylic acids is 1. The van der Waals surface area contributed by atoms with Gasteiger partial charge in [0.1, 0.15) is 0 Å². The van der Waals surface area contributed by atoms with Crippen molar-refractivity contribution in [2.75, 3.05) is 26.7 Å². The van der Waals surface area contributed by atoms with E-state index in [1.165, 1.54) is 0 Å². The molecule has 0 saturated carbocycles. The zero-order valence-electron chi connectivity index (χ0n) is 9.36. The van der Waals surface area contributed by atoms with Gasteiger partial charge in [-0.1, -0.05) is 13.3 Å². The first-order valence-electron chi connectivity index (χ1n) is 5.12. The van der Waals surface area contributed by atoms with Gasteiger partial charge < -0.3 is 9.84 Å². The number of rotatable bonds is 8. The Morgan fingerprint density at radius 3 is 2.60 bits per heavy atom. The van der Waals surface area contributed by atoms with Crippen molar-refractivity contribution in [3.63, 3.8) is 0 Å². The van der Waals surface area contributed by atoms with Crippen LogP contribution in [0.1, 0.15) is 26.2 Å². The highest BCUT2D eigenvalue weighted by molar-refractivity contribution is 5.71. The Bertz CT molecular complexity index is 206. The van der Waals surface area contributed by atoms with E-state index in [0.717, 1.165) is 12.8 Å². The van der Waals surface area contributed by atoms with Crippen LogP contribution in [0.5, 0.6) is 0 Å². The third kappa shape index (κ3) is 9.21. The van der Waals surface area contributed by atoms with Crippen molar-refractivity contribution in [2.24, 2.45) is 0 Å². The number of aliphatic carboxylic acids is 1. The molecule has 0 amide bonds. The molecule has 0 aliphatic carbocycles. The monoisotopic (exact) mass is 217 g/mol. The number of likely N-dealkylation sites (N-methyl/N-ethyl adjacent to an activating group) is 1. The number of nitrogens with zero attached hydrogens (tertiary/aromatic N) is 1. The molecule has 0 aromatic heterocycles. The van der Waals surface area contributed by atoms with Crippen LogP contribution in [-0.2, 0) is 14.3 Å². The molecule has 0 radical (unpaired) electrons. The van der Waals surface area contributed by atoms with Gasteiger partial charge in [0.05, 0.1) is 19.6 Å². The third-order valence-electron chi connectivity index (χ3n) is 1.87. The summed E-state index contributed by atoms with van der Waals surface area (Å²) in [6, 6.07) is 0. The van der Waals surface area contributed by atoms with Crippen LogP contribution in [0.4, 0.5) is 0 Å². The quantitative estimate of drug-likeness (QED) is 0.479. The van der Waals surface area contributed by atoms with Crippen molar-refractivity contribution in [3.05, 3.63) is 0 Å². The fraction of sp³-hybridized carbons (Fsp3) is 0.800. The zero-order chi connectivity index (χ0) is 11.7. The molecule has 0 spiro atoms. The second kappa shape index (κ2) is 8.23. The standard InChI is InChI=1S/C10H19NO4/c1-3-4-7-15-10(14)8-11(2)6-5-9(12)13/h3-8H2,1-2H3,(H,12,13). The summed E-state index contributed by atoms with van der Waals surface area (Å²) in [7, 11) is 1.70. The Hall–Kier alpha value is -1.10. The lowest BCUT2D eigenvalue weighted by Crippen LogP contribution is -2.29. The number of hydrogen-bond acceptors (Lipinski definition) is 4. The highest BCUT2D eigenvalue weighted by atomic mass is 16.5. The number of hydrogen-bond donors (Lipinski definition) is 1. The van der Waals surface area contributed by atoms with Crippen LogP contribution in [0, 0.1) is 0 Å². The minimum Gasteiger partial charge on any atom is -0.481 e. The highest BCUT2D eigenvalue weighted by Gasteiger charge is 2.08. The summed E-state index contributed by atoms with van der Waals surface area (Å²) in [4.78, 5) is 23.1. The summed E-state index contributed by atoms with van der Waals surface area (Å²) in [5.41, 5.74) is 0. The van der Waals surface area contributed by atoms with Crippen molar-refractivity contribution in [1.82, 2.24) is 4.90 Å². The molecule has 0 atom stereocenters. The molecule has 0 saturated heterocycles. The van der Waals surface area contributed by atoms with Crippen molar-refractivity contribution >= 4 is 11.9 Å². The topological polar surface area (TPSA) is 66.8 Å². The summed E-state index contributed by atoms with van der Waals surface area (Å²) in [5.74, 6) is -1.16. The van der Waals surface area contributed by atoms with Crippen molar-refractivity contribution in [2.45, 2.75) is 26.2 Å². The van der Waals surface area contributed by atoms with Gasteiger partial charge in [0.2, 0.25) is 0 Å². The lowest BCUT2D eigenvalue weighted by Gasteiger charge is -2.14. The number of carboxylic acid groups (broad SMARTS) is 1. The summed E-state index contributed by atoms with van der Waals surface area (Å²) in [6.45, 7) is 2.98. The Balaban J connectivity index is 3.53. The number of esters is 1. The molecule has 0 fully saturated rings. The van der Waals surface area contributed by atoms with Gasteiger partial charge >= 0.3 is 11.9 Å². The van der Waals surface area contributed by atoms with Crippen LogP contribution >= 0.6 is 0 Å². The molecule has 0 aromatic carbocycles. The van der Waals surface area contributed by atoms with Gasteiger partial charge in [0, 0.05) is 6.54 Å². The molecule has 1 N–H and O–H groups in total. The molecule has 0 unspecified atom stereocenters. The summed E-state index contributed by atoms with van der Waals surface area (Å²) in [5, 5.41) is 8.43. The Morgan fingerprint density at radius 1 is 1.40 bits per heavy atom. The first-order valence-corrected chi connectivity index (χ1v) is 5.12. The Kier molecular flexibility index (Phi) is 7.62. The lowest BCUT2D eigenvalue weighted by molar-refractivity contribution is -0.145. The Morgan fingerprint density at radius 2 is 2.07 bits per heavy atom.